The lowest BCUT2D eigenvalue weighted by Gasteiger charge is -2.12. The van der Waals surface area contributed by atoms with E-state index in [0.717, 1.165) is 12.1 Å². The highest BCUT2D eigenvalue weighted by Gasteiger charge is 2.22. The highest BCUT2D eigenvalue weighted by Crippen LogP contribution is 2.33. The summed E-state index contributed by atoms with van der Waals surface area (Å²) >= 11 is 0. The molecule has 0 amide bonds. The quantitative estimate of drug-likeness (QED) is 0.248. The third kappa shape index (κ3) is 3.65. The van der Waals surface area contributed by atoms with E-state index in [1.807, 2.05) is 0 Å². The fourth-order valence-electron chi connectivity index (χ4n) is 3.09. The number of benzene rings is 3. The Bertz CT molecular complexity index is 1260. The van der Waals surface area contributed by atoms with Crippen LogP contribution < -0.4 is 14.2 Å². The Kier molecular flexibility index (Phi) is 5.24. The van der Waals surface area contributed by atoms with Gasteiger partial charge in [0, 0.05) is 17.0 Å². The Morgan fingerprint density at radius 1 is 0.935 bits per heavy atom. The summed E-state index contributed by atoms with van der Waals surface area (Å²) in [7, 11) is 2.82. The van der Waals surface area contributed by atoms with Crippen molar-refractivity contribution in [1.82, 2.24) is 5.16 Å². The van der Waals surface area contributed by atoms with E-state index in [4.69, 9.17) is 18.7 Å². The number of fused-ring (bicyclic) bond motifs is 1. The fourth-order valence-corrected chi connectivity index (χ4v) is 3.09. The van der Waals surface area contributed by atoms with E-state index in [1.54, 1.807) is 18.2 Å². The van der Waals surface area contributed by atoms with Gasteiger partial charge in [-0.1, -0.05) is 11.2 Å². The molecule has 0 spiro atoms. The largest absolute Gasteiger partial charge is 0.496 e. The average Bonchev–Trinajstić information content (AvgIpc) is 3.19. The Labute approximate surface area is 173 Å². The van der Waals surface area contributed by atoms with Crippen LogP contribution in [0.1, 0.15) is 10.4 Å². The third-order valence-corrected chi connectivity index (χ3v) is 4.54. The number of hydrogen-bond donors (Lipinski definition) is 0. The number of halogens is 3. The molecular formula is C22H14F3NO5. The molecule has 1 heterocycles. The molecule has 0 saturated carbocycles. The summed E-state index contributed by atoms with van der Waals surface area (Å²) in [6.07, 6.45) is 0. The van der Waals surface area contributed by atoms with Gasteiger partial charge in [0.15, 0.2) is 23.0 Å². The highest BCUT2D eigenvalue weighted by atomic mass is 19.2. The minimum absolute atomic E-state index is 0.00125. The molecule has 0 unspecified atom stereocenters. The second-order valence-corrected chi connectivity index (χ2v) is 6.37. The molecule has 0 saturated heterocycles. The Morgan fingerprint density at radius 3 is 2.19 bits per heavy atom. The van der Waals surface area contributed by atoms with Crippen LogP contribution in [0.4, 0.5) is 13.2 Å². The SMILES string of the molecule is COc1cccc(OC)c1C(=O)Oc1ccc2c(-c3cc(F)c(F)c(F)c3)noc2c1. The van der Waals surface area contributed by atoms with Crippen molar-refractivity contribution in [2.24, 2.45) is 0 Å². The average molecular weight is 429 g/mol. The number of esters is 1. The van der Waals surface area contributed by atoms with Gasteiger partial charge in [0.2, 0.25) is 0 Å². The van der Waals surface area contributed by atoms with Crippen LogP contribution in [0.2, 0.25) is 0 Å². The zero-order valence-corrected chi connectivity index (χ0v) is 16.2. The molecule has 0 bridgehead atoms. The van der Waals surface area contributed by atoms with Gasteiger partial charge in [-0.25, -0.2) is 18.0 Å². The summed E-state index contributed by atoms with van der Waals surface area (Å²) in [5, 5.41) is 4.19. The lowest BCUT2D eigenvalue weighted by Crippen LogP contribution is -2.11. The molecule has 0 aliphatic carbocycles. The molecule has 0 aliphatic heterocycles. The number of carbonyl (C=O) groups excluding carboxylic acids is 1. The van der Waals surface area contributed by atoms with Crippen LogP contribution in [-0.4, -0.2) is 25.3 Å². The molecule has 0 atom stereocenters. The molecule has 1 aromatic heterocycles. The lowest BCUT2D eigenvalue weighted by molar-refractivity contribution is 0.0727. The number of methoxy groups -OCH3 is 2. The van der Waals surface area contributed by atoms with Crippen molar-refractivity contribution in [3.63, 3.8) is 0 Å². The molecule has 4 rings (SSSR count). The van der Waals surface area contributed by atoms with Crippen molar-refractivity contribution in [2.75, 3.05) is 14.2 Å². The summed E-state index contributed by atoms with van der Waals surface area (Å²) in [5.41, 5.74) is 0.399. The summed E-state index contributed by atoms with van der Waals surface area (Å²) in [6.45, 7) is 0. The van der Waals surface area contributed by atoms with Crippen LogP contribution in [0.15, 0.2) is 53.1 Å². The second kappa shape index (κ2) is 8.02. The van der Waals surface area contributed by atoms with E-state index in [-0.39, 0.29) is 39.7 Å². The van der Waals surface area contributed by atoms with Gasteiger partial charge in [-0.2, -0.15) is 0 Å². The first-order chi connectivity index (χ1) is 14.9. The van der Waals surface area contributed by atoms with E-state index in [1.165, 1.54) is 32.4 Å². The number of ether oxygens (including phenoxy) is 3. The summed E-state index contributed by atoms with van der Waals surface area (Å²) in [5.74, 6) is -4.32. The van der Waals surface area contributed by atoms with E-state index in [2.05, 4.69) is 5.16 Å². The molecule has 0 N–H and O–H groups in total. The summed E-state index contributed by atoms with van der Waals surface area (Å²) < 4.78 is 61.4. The van der Waals surface area contributed by atoms with Gasteiger partial charge in [0.1, 0.15) is 28.5 Å². The van der Waals surface area contributed by atoms with Crippen molar-refractivity contribution in [1.29, 1.82) is 0 Å². The van der Waals surface area contributed by atoms with Crippen molar-refractivity contribution in [2.45, 2.75) is 0 Å². The van der Waals surface area contributed by atoms with E-state index in [9.17, 15) is 18.0 Å². The molecule has 0 radical (unpaired) electrons. The van der Waals surface area contributed by atoms with Gasteiger partial charge in [0.25, 0.3) is 0 Å². The van der Waals surface area contributed by atoms with Crippen LogP contribution in [0, 0.1) is 17.5 Å². The number of nitrogens with zero attached hydrogens (tertiary/aromatic N) is 1. The zero-order chi connectivity index (χ0) is 22.1. The summed E-state index contributed by atoms with van der Waals surface area (Å²) in [4.78, 5) is 12.7. The van der Waals surface area contributed by atoms with Crippen LogP contribution >= 0.6 is 0 Å². The van der Waals surface area contributed by atoms with Gasteiger partial charge in [0.05, 0.1) is 14.2 Å². The zero-order valence-electron chi connectivity index (χ0n) is 16.2. The molecule has 6 nitrogen and oxygen atoms in total. The molecule has 9 heteroatoms. The first-order valence-corrected chi connectivity index (χ1v) is 8.90. The predicted octanol–water partition coefficient (Wildman–Crippen LogP) is 5.15. The van der Waals surface area contributed by atoms with Gasteiger partial charge in [-0.15, -0.1) is 0 Å². The molecule has 0 fully saturated rings. The van der Waals surface area contributed by atoms with E-state index >= 15 is 0 Å². The van der Waals surface area contributed by atoms with Crippen molar-refractivity contribution >= 4 is 16.9 Å². The minimum Gasteiger partial charge on any atom is -0.496 e. The van der Waals surface area contributed by atoms with Crippen molar-refractivity contribution in [3.05, 3.63) is 71.5 Å². The molecule has 158 valence electrons. The smallest absolute Gasteiger partial charge is 0.351 e. The van der Waals surface area contributed by atoms with Crippen LogP contribution in [0.3, 0.4) is 0 Å². The van der Waals surface area contributed by atoms with Crippen LogP contribution in [-0.2, 0) is 0 Å². The maximum atomic E-state index is 13.6. The molecule has 3 aromatic carbocycles. The van der Waals surface area contributed by atoms with Gasteiger partial charge in [-0.05, 0) is 36.4 Å². The number of aromatic nitrogens is 1. The predicted molar refractivity (Wildman–Crippen MR) is 104 cm³/mol. The Morgan fingerprint density at radius 2 is 1.58 bits per heavy atom. The van der Waals surface area contributed by atoms with Crippen molar-refractivity contribution < 1.29 is 36.7 Å². The van der Waals surface area contributed by atoms with E-state index in [0.29, 0.717) is 5.39 Å². The Balaban J connectivity index is 1.67. The fraction of sp³-hybridized carbons (Fsp3) is 0.0909. The van der Waals surface area contributed by atoms with E-state index < -0.39 is 23.4 Å². The normalized spacial score (nSPS) is 10.9. The molecule has 31 heavy (non-hydrogen) atoms. The first-order valence-electron chi connectivity index (χ1n) is 8.90. The second-order valence-electron chi connectivity index (χ2n) is 6.37. The van der Waals surface area contributed by atoms with Gasteiger partial charge in [-0.3, -0.25) is 0 Å². The number of rotatable bonds is 5. The topological polar surface area (TPSA) is 70.8 Å². The van der Waals surface area contributed by atoms with Gasteiger partial charge < -0.3 is 18.7 Å². The summed E-state index contributed by atoms with van der Waals surface area (Å²) in [6, 6.07) is 10.8. The monoisotopic (exact) mass is 429 g/mol. The Hall–Kier alpha value is -4.01. The highest BCUT2D eigenvalue weighted by molar-refractivity contribution is 5.98. The number of hydrogen-bond acceptors (Lipinski definition) is 6. The molecule has 0 aliphatic rings. The standard InChI is InChI=1S/C22H14F3NO5/c1-28-16-4-3-5-17(29-2)19(16)22(27)30-12-6-7-13-18(10-12)31-26-21(13)11-8-14(23)20(25)15(24)9-11/h3-10H,1-2H3. The first kappa shape index (κ1) is 20.3. The van der Waals surface area contributed by atoms with Crippen molar-refractivity contribution in [3.8, 4) is 28.5 Å². The van der Waals surface area contributed by atoms with Crippen LogP contribution in [0.5, 0.6) is 17.2 Å². The maximum absolute atomic E-state index is 13.6. The molecular weight excluding hydrogens is 415 g/mol. The third-order valence-electron chi connectivity index (χ3n) is 4.54. The van der Waals surface area contributed by atoms with Gasteiger partial charge >= 0.3 is 5.97 Å². The minimum atomic E-state index is -1.57. The molecule has 4 aromatic rings. The lowest BCUT2D eigenvalue weighted by atomic mass is 10.1. The maximum Gasteiger partial charge on any atom is 0.351 e. The number of carbonyl (C=O) groups is 1. The van der Waals surface area contributed by atoms with Crippen LogP contribution in [0.25, 0.3) is 22.2 Å².